The van der Waals surface area contributed by atoms with Gasteiger partial charge in [-0.15, -0.1) is 0 Å². The molecule has 0 spiro atoms. The Morgan fingerprint density at radius 2 is 1.21 bits per heavy atom. The van der Waals surface area contributed by atoms with E-state index in [9.17, 15) is 4.79 Å². The van der Waals surface area contributed by atoms with E-state index >= 15 is 0 Å². The number of rotatable bonds is 4. The minimum Gasteiger partial charge on any atom is -0.464 e. The zero-order valence-corrected chi connectivity index (χ0v) is 15.1. The number of carbonyl (C=O) groups is 1. The molecule has 0 unspecified atom stereocenters. The topological polar surface area (TPSA) is 49.8 Å². The summed E-state index contributed by atoms with van der Waals surface area (Å²) in [4.78, 5) is 12.6. The number of benzene rings is 2. The SMILES string of the molecule is O=C1CCN(c2ccc(-c3ccco3)cc2)N1c1ccc(-c2ccco2)cc1. The minimum absolute atomic E-state index is 0.0841. The van der Waals surface area contributed by atoms with Crippen molar-refractivity contribution in [3.8, 4) is 22.6 Å². The lowest BCUT2D eigenvalue weighted by molar-refractivity contribution is -0.117. The molecule has 0 bridgehead atoms. The van der Waals surface area contributed by atoms with E-state index < -0.39 is 0 Å². The van der Waals surface area contributed by atoms with E-state index in [1.807, 2.05) is 77.8 Å². The van der Waals surface area contributed by atoms with Crippen molar-refractivity contribution in [3.05, 3.63) is 85.3 Å². The summed E-state index contributed by atoms with van der Waals surface area (Å²) < 4.78 is 10.9. The predicted octanol–water partition coefficient (Wildman–Crippen LogP) is 5.36. The Bertz CT molecular complexity index is 1070. The first kappa shape index (κ1) is 16.4. The van der Waals surface area contributed by atoms with Gasteiger partial charge >= 0.3 is 0 Å². The van der Waals surface area contributed by atoms with Crippen LogP contribution in [-0.2, 0) is 4.79 Å². The molecule has 1 fully saturated rings. The van der Waals surface area contributed by atoms with Gasteiger partial charge in [-0.1, -0.05) is 0 Å². The van der Waals surface area contributed by atoms with Crippen LogP contribution in [0, 0.1) is 0 Å². The Kier molecular flexibility index (Phi) is 3.98. The standard InChI is InChI=1S/C23H18N2O3/c26-23-13-14-24(19-9-5-17(6-10-19)21-3-1-15-27-21)25(23)20-11-7-18(8-12-20)22-4-2-16-28-22/h1-12,15-16H,13-14H2. The molecule has 2 aromatic heterocycles. The molecule has 0 atom stereocenters. The van der Waals surface area contributed by atoms with Gasteiger partial charge in [0.15, 0.2) is 0 Å². The summed E-state index contributed by atoms with van der Waals surface area (Å²) in [6.07, 6.45) is 3.80. The normalized spacial score (nSPS) is 14.1. The number of furan rings is 2. The molecule has 0 N–H and O–H groups in total. The molecule has 1 aliphatic rings. The van der Waals surface area contributed by atoms with E-state index in [0.29, 0.717) is 13.0 Å². The fourth-order valence-electron chi connectivity index (χ4n) is 3.52. The zero-order valence-electron chi connectivity index (χ0n) is 15.1. The van der Waals surface area contributed by atoms with Crippen molar-refractivity contribution >= 4 is 17.3 Å². The monoisotopic (exact) mass is 370 g/mol. The fraction of sp³-hybridized carbons (Fsp3) is 0.0870. The van der Waals surface area contributed by atoms with Gasteiger partial charge in [-0.2, -0.15) is 0 Å². The van der Waals surface area contributed by atoms with E-state index in [1.54, 1.807) is 17.5 Å². The highest BCUT2D eigenvalue weighted by Gasteiger charge is 2.30. The number of hydrogen-bond acceptors (Lipinski definition) is 4. The van der Waals surface area contributed by atoms with Gasteiger partial charge in [-0.3, -0.25) is 9.80 Å². The average molecular weight is 370 g/mol. The van der Waals surface area contributed by atoms with Gasteiger partial charge in [-0.05, 0) is 72.8 Å². The van der Waals surface area contributed by atoms with Crippen LogP contribution in [0.4, 0.5) is 11.4 Å². The third-order valence-corrected chi connectivity index (χ3v) is 4.90. The van der Waals surface area contributed by atoms with Crippen molar-refractivity contribution in [1.82, 2.24) is 0 Å². The maximum absolute atomic E-state index is 12.6. The molecule has 138 valence electrons. The molecular weight excluding hydrogens is 352 g/mol. The molecule has 0 radical (unpaired) electrons. The third kappa shape index (κ3) is 2.87. The summed E-state index contributed by atoms with van der Waals surface area (Å²) in [5.41, 5.74) is 3.80. The molecule has 1 saturated heterocycles. The zero-order chi connectivity index (χ0) is 18.9. The van der Waals surface area contributed by atoms with Gasteiger partial charge in [-0.25, -0.2) is 5.01 Å². The minimum atomic E-state index is 0.0841. The predicted molar refractivity (Wildman–Crippen MR) is 108 cm³/mol. The molecule has 0 aliphatic carbocycles. The fourth-order valence-corrected chi connectivity index (χ4v) is 3.52. The van der Waals surface area contributed by atoms with Crippen LogP contribution in [0.2, 0.25) is 0 Å². The highest BCUT2D eigenvalue weighted by molar-refractivity contribution is 5.99. The summed E-state index contributed by atoms with van der Waals surface area (Å²) in [5, 5.41) is 3.75. The van der Waals surface area contributed by atoms with Crippen LogP contribution in [0.25, 0.3) is 22.6 Å². The molecule has 2 aromatic carbocycles. The highest BCUT2D eigenvalue weighted by atomic mass is 16.3. The summed E-state index contributed by atoms with van der Waals surface area (Å²) >= 11 is 0. The number of nitrogens with zero attached hydrogens (tertiary/aromatic N) is 2. The first-order valence-electron chi connectivity index (χ1n) is 9.18. The lowest BCUT2D eigenvalue weighted by Crippen LogP contribution is -2.39. The molecule has 5 rings (SSSR count). The van der Waals surface area contributed by atoms with E-state index in [2.05, 4.69) is 0 Å². The van der Waals surface area contributed by atoms with Gasteiger partial charge in [0.25, 0.3) is 0 Å². The second-order valence-corrected chi connectivity index (χ2v) is 6.63. The largest absolute Gasteiger partial charge is 0.464 e. The van der Waals surface area contributed by atoms with Crippen molar-refractivity contribution in [3.63, 3.8) is 0 Å². The first-order chi connectivity index (χ1) is 13.8. The molecule has 0 saturated carbocycles. The Morgan fingerprint density at radius 3 is 1.71 bits per heavy atom. The molecule has 28 heavy (non-hydrogen) atoms. The van der Waals surface area contributed by atoms with Crippen LogP contribution in [0.5, 0.6) is 0 Å². The van der Waals surface area contributed by atoms with Crippen molar-refractivity contribution in [1.29, 1.82) is 0 Å². The average Bonchev–Trinajstić information content (AvgIpc) is 3.50. The second kappa shape index (κ2) is 6.78. The van der Waals surface area contributed by atoms with Gasteiger partial charge in [0.1, 0.15) is 11.5 Å². The molecule has 5 nitrogen and oxygen atoms in total. The molecule has 1 amide bonds. The van der Waals surface area contributed by atoms with Crippen LogP contribution in [0.3, 0.4) is 0 Å². The summed E-state index contributed by atoms with van der Waals surface area (Å²) in [6.45, 7) is 0.652. The van der Waals surface area contributed by atoms with E-state index in [0.717, 1.165) is 34.0 Å². The van der Waals surface area contributed by atoms with Crippen LogP contribution >= 0.6 is 0 Å². The third-order valence-electron chi connectivity index (χ3n) is 4.90. The number of carbonyl (C=O) groups excluding carboxylic acids is 1. The molecule has 3 heterocycles. The number of hydrogen-bond donors (Lipinski definition) is 0. The molecule has 5 heteroatoms. The number of anilines is 2. The van der Waals surface area contributed by atoms with E-state index in [4.69, 9.17) is 8.83 Å². The van der Waals surface area contributed by atoms with Gasteiger partial charge in [0.2, 0.25) is 5.91 Å². The number of amides is 1. The maximum atomic E-state index is 12.6. The highest BCUT2D eigenvalue weighted by Crippen LogP contribution is 2.31. The molecule has 4 aromatic rings. The first-order valence-corrected chi connectivity index (χ1v) is 9.18. The Morgan fingerprint density at radius 1 is 0.679 bits per heavy atom. The van der Waals surface area contributed by atoms with Crippen LogP contribution in [0.1, 0.15) is 6.42 Å². The van der Waals surface area contributed by atoms with Crippen LogP contribution in [0.15, 0.2) is 94.2 Å². The smallest absolute Gasteiger partial charge is 0.247 e. The summed E-state index contributed by atoms with van der Waals surface area (Å²) in [7, 11) is 0. The van der Waals surface area contributed by atoms with Crippen molar-refractivity contribution in [2.45, 2.75) is 6.42 Å². The lowest BCUT2D eigenvalue weighted by atomic mass is 10.1. The van der Waals surface area contributed by atoms with Crippen molar-refractivity contribution in [2.75, 3.05) is 16.6 Å². The van der Waals surface area contributed by atoms with Gasteiger partial charge in [0, 0.05) is 24.1 Å². The summed E-state index contributed by atoms with van der Waals surface area (Å²) in [6, 6.07) is 23.5. The molecular formula is C23H18N2O3. The van der Waals surface area contributed by atoms with Crippen LogP contribution < -0.4 is 10.0 Å². The Hall–Kier alpha value is -3.73. The van der Waals surface area contributed by atoms with Crippen LogP contribution in [-0.4, -0.2) is 12.5 Å². The van der Waals surface area contributed by atoms with Crippen molar-refractivity contribution in [2.24, 2.45) is 0 Å². The lowest BCUT2D eigenvalue weighted by Gasteiger charge is -2.30. The molecule has 1 aliphatic heterocycles. The number of hydrazine groups is 1. The van der Waals surface area contributed by atoms with E-state index in [1.165, 1.54) is 0 Å². The van der Waals surface area contributed by atoms with Crippen molar-refractivity contribution < 1.29 is 13.6 Å². The quantitative estimate of drug-likeness (QED) is 0.485. The Labute approximate surface area is 162 Å². The second-order valence-electron chi connectivity index (χ2n) is 6.63. The Balaban J connectivity index is 1.43. The summed E-state index contributed by atoms with van der Waals surface area (Å²) in [5.74, 6) is 1.72. The van der Waals surface area contributed by atoms with E-state index in [-0.39, 0.29) is 5.91 Å². The maximum Gasteiger partial charge on any atom is 0.247 e. The van der Waals surface area contributed by atoms with Gasteiger partial charge in [0.05, 0.1) is 23.9 Å². The van der Waals surface area contributed by atoms with Gasteiger partial charge < -0.3 is 8.83 Å².